The van der Waals surface area contributed by atoms with E-state index < -0.39 is 11.4 Å². The summed E-state index contributed by atoms with van der Waals surface area (Å²) in [7, 11) is 0. The lowest BCUT2D eigenvalue weighted by Crippen LogP contribution is -2.33. The van der Waals surface area contributed by atoms with Gasteiger partial charge >= 0.3 is 5.97 Å². The first-order valence-electron chi connectivity index (χ1n) is 6.39. The number of carboxylic acids is 1. The summed E-state index contributed by atoms with van der Waals surface area (Å²) < 4.78 is 11.6. The van der Waals surface area contributed by atoms with Crippen LogP contribution in [0.4, 0.5) is 0 Å². The van der Waals surface area contributed by atoms with Crippen molar-refractivity contribution in [2.75, 3.05) is 6.79 Å². The van der Waals surface area contributed by atoms with Gasteiger partial charge < -0.3 is 14.6 Å². The zero-order chi connectivity index (χ0) is 13.6. The Labute approximate surface area is 119 Å². The van der Waals surface area contributed by atoms with Gasteiger partial charge in [0.15, 0.2) is 11.5 Å². The number of ether oxygens (including phenoxy) is 2. The fourth-order valence-corrected chi connectivity index (χ4v) is 4.26. The minimum atomic E-state index is -0.788. The van der Waals surface area contributed by atoms with Crippen molar-refractivity contribution in [1.29, 1.82) is 0 Å². The van der Waals surface area contributed by atoms with Gasteiger partial charge in [0.05, 0.1) is 9.89 Å². The molecule has 0 aromatic heterocycles. The van der Waals surface area contributed by atoms with Crippen LogP contribution in [0, 0.1) is 6.92 Å². The number of carboxylic acid groups (broad SMARTS) is 1. The van der Waals surface area contributed by atoms with Crippen LogP contribution in [0.1, 0.15) is 36.8 Å². The van der Waals surface area contributed by atoms with Crippen LogP contribution in [0.25, 0.3) is 0 Å². The molecule has 1 heterocycles. The molecule has 1 aliphatic carbocycles. The molecule has 1 aromatic rings. The predicted octanol–water partition coefficient (Wildman–Crippen LogP) is 3.38. The van der Waals surface area contributed by atoms with Crippen LogP contribution >= 0.6 is 15.9 Å². The number of halogens is 1. The van der Waals surface area contributed by atoms with E-state index in [1.165, 1.54) is 0 Å². The summed E-state index contributed by atoms with van der Waals surface area (Å²) >= 11 is 3.53. The van der Waals surface area contributed by atoms with Gasteiger partial charge in [-0.1, -0.05) is 12.8 Å². The van der Waals surface area contributed by atoms with Gasteiger partial charge in [-0.15, -0.1) is 0 Å². The topological polar surface area (TPSA) is 55.8 Å². The Hall–Kier alpha value is -1.23. The third kappa shape index (κ3) is 1.75. The summed E-state index contributed by atoms with van der Waals surface area (Å²) in [6.07, 6.45) is 3.27. The molecule has 1 N–H and O–H groups in total. The van der Waals surface area contributed by atoms with Crippen molar-refractivity contribution in [3.05, 3.63) is 21.7 Å². The van der Waals surface area contributed by atoms with Gasteiger partial charge in [-0.05, 0) is 52.9 Å². The van der Waals surface area contributed by atoms with Crippen LogP contribution in [0.15, 0.2) is 10.5 Å². The van der Waals surface area contributed by atoms with Crippen LogP contribution in [0.3, 0.4) is 0 Å². The molecule has 0 atom stereocenters. The maximum atomic E-state index is 11.8. The lowest BCUT2D eigenvalue weighted by Gasteiger charge is -2.28. The Balaban J connectivity index is 2.22. The summed E-state index contributed by atoms with van der Waals surface area (Å²) in [4.78, 5) is 11.8. The molecule has 0 bridgehead atoms. The number of rotatable bonds is 2. The first kappa shape index (κ1) is 12.8. The molecule has 5 heteroatoms. The summed E-state index contributed by atoms with van der Waals surface area (Å²) in [5, 5.41) is 9.72. The van der Waals surface area contributed by atoms with E-state index in [4.69, 9.17) is 9.47 Å². The van der Waals surface area contributed by atoms with Crippen molar-refractivity contribution >= 4 is 21.9 Å². The Bertz CT molecular complexity index is 547. The van der Waals surface area contributed by atoms with Crippen LogP contribution in [-0.2, 0) is 10.2 Å². The highest BCUT2D eigenvalue weighted by atomic mass is 79.9. The number of aryl methyl sites for hydroxylation is 1. The number of benzene rings is 1. The van der Waals surface area contributed by atoms with E-state index in [1.54, 1.807) is 0 Å². The molecule has 1 aliphatic heterocycles. The van der Waals surface area contributed by atoms with Crippen molar-refractivity contribution in [2.24, 2.45) is 0 Å². The molecule has 1 fully saturated rings. The highest BCUT2D eigenvalue weighted by Crippen LogP contribution is 2.51. The number of carbonyl (C=O) groups is 1. The summed E-state index contributed by atoms with van der Waals surface area (Å²) in [5.41, 5.74) is 1.01. The van der Waals surface area contributed by atoms with Gasteiger partial charge in [-0.3, -0.25) is 4.79 Å². The van der Waals surface area contributed by atoms with E-state index in [9.17, 15) is 9.90 Å². The molecule has 0 saturated heterocycles. The smallest absolute Gasteiger partial charge is 0.314 e. The number of aliphatic carboxylic acids is 1. The molecule has 0 radical (unpaired) electrons. The van der Waals surface area contributed by atoms with Crippen molar-refractivity contribution in [1.82, 2.24) is 0 Å². The lowest BCUT2D eigenvalue weighted by atomic mass is 9.76. The van der Waals surface area contributed by atoms with Crippen molar-refractivity contribution in [2.45, 2.75) is 38.0 Å². The molecular formula is C14H15BrO4. The Morgan fingerprint density at radius 3 is 2.68 bits per heavy atom. The molecule has 1 aromatic carbocycles. The Morgan fingerprint density at radius 1 is 1.37 bits per heavy atom. The fraction of sp³-hybridized carbons (Fsp3) is 0.500. The van der Waals surface area contributed by atoms with Crippen molar-refractivity contribution < 1.29 is 19.4 Å². The SMILES string of the molecule is Cc1cc2c(c(Br)c1C1(C(=O)O)CCCC1)OCO2. The Morgan fingerprint density at radius 2 is 2.05 bits per heavy atom. The standard InChI is InChI=1S/C14H15BrO4/c1-8-6-9-12(19-7-18-9)11(15)10(8)14(13(16)17)4-2-3-5-14/h6H,2-5,7H2,1H3,(H,16,17). The van der Waals surface area contributed by atoms with Crippen LogP contribution in [0.5, 0.6) is 11.5 Å². The monoisotopic (exact) mass is 326 g/mol. The first-order chi connectivity index (χ1) is 9.06. The van der Waals surface area contributed by atoms with Crippen LogP contribution in [-0.4, -0.2) is 17.9 Å². The van der Waals surface area contributed by atoms with Gasteiger partial charge in [-0.25, -0.2) is 0 Å². The molecule has 0 amide bonds. The summed E-state index contributed by atoms with van der Waals surface area (Å²) in [6.45, 7) is 2.13. The van der Waals surface area contributed by atoms with E-state index in [2.05, 4.69) is 15.9 Å². The maximum absolute atomic E-state index is 11.8. The highest BCUT2D eigenvalue weighted by Gasteiger charge is 2.46. The summed E-state index contributed by atoms with van der Waals surface area (Å²) in [6, 6.07) is 1.88. The molecule has 2 aliphatic rings. The second-order valence-corrected chi connectivity index (χ2v) is 6.00. The molecule has 3 rings (SSSR count). The largest absolute Gasteiger partial charge is 0.481 e. The first-order valence-corrected chi connectivity index (χ1v) is 7.18. The Kier molecular flexibility index (Phi) is 2.96. The predicted molar refractivity (Wildman–Crippen MR) is 72.8 cm³/mol. The summed E-state index contributed by atoms with van der Waals surface area (Å²) in [5.74, 6) is 0.576. The second-order valence-electron chi connectivity index (χ2n) is 5.21. The zero-order valence-electron chi connectivity index (χ0n) is 10.7. The van der Waals surface area contributed by atoms with Gasteiger partial charge in [0.2, 0.25) is 6.79 Å². The van der Waals surface area contributed by atoms with Crippen LogP contribution in [0.2, 0.25) is 0 Å². The third-order valence-electron chi connectivity index (χ3n) is 4.15. The maximum Gasteiger partial charge on any atom is 0.314 e. The average Bonchev–Trinajstić information content (AvgIpc) is 2.97. The average molecular weight is 327 g/mol. The molecule has 19 heavy (non-hydrogen) atoms. The van der Waals surface area contributed by atoms with E-state index >= 15 is 0 Å². The quantitative estimate of drug-likeness (QED) is 0.905. The van der Waals surface area contributed by atoms with E-state index in [0.717, 1.165) is 28.4 Å². The molecule has 102 valence electrons. The van der Waals surface area contributed by atoms with E-state index in [-0.39, 0.29) is 6.79 Å². The normalized spacial score (nSPS) is 19.7. The highest BCUT2D eigenvalue weighted by molar-refractivity contribution is 9.10. The number of hydrogen-bond donors (Lipinski definition) is 1. The molecule has 1 saturated carbocycles. The minimum Gasteiger partial charge on any atom is -0.481 e. The second kappa shape index (κ2) is 4.40. The van der Waals surface area contributed by atoms with Gasteiger partial charge in [-0.2, -0.15) is 0 Å². The number of hydrogen-bond acceptors (Lipinski definition) is 3. The van der Waals surface area contributed by atoms with Gasteiger partial charge in [0, 0.05) is 0 Å². The number of fused-ring (bicyclic) bond motifs is 1. The third-order valence-corrected chi connectivity index (χ3v) is 4.90. The molecule has 0 unspecified atom stereocenters. The van der Waals surface area contributed by atoms with Gasteiger partial charge in [0.1, 0.15) is 0 Å². The van der Waals surface area contributed by atoms with Gasteiger partial charge in [0.25, 0.3) is 0 Å². The van der Waals surface area contributed by atoms with E-state index in [1.807, 2.05) is 13.0 Å². The fourth-order valence-electron chi connectivity index (χ4n) is 3.26. The molecule has 0 spiro atoms. The van der Waals surface area contributed by atoms with Crippen molar-refractivity contribution in [3.63, 3.8) is 0 Å². The zero-order valence-corrected chi connectivity index (χ0v) is 12.2. The van der Waals surface area contributed by atoms with E-state index in [0.29, 0.717) is 24.3 Å². The van der Waals surface area contributed by atoms with Crippen LogP contribution < -0.4 is 9.47 Å². The lowest BCUT2D eigenvalue weighted by molar-refractivity contribution is -0.143. The van der Waals surface area contributed by atoms with Crippen molar-refractivity contribution in [3.8, 4) is 11.5 Å². The molecule has 4 nitrogen and oxygen atoms in total. The minimum absolute atomic E-state index is 0.191. The molecular weight excluding hydrogens is 312 g/mol.